The maximum absolute atomic E-state index is 12.6. The van der Waals surface area contributed by atoms with Gasteiger partial charge in [0.25, 0.3) is 8.53 Å². The molecule has 6 rings (SSSR count). The maximum Gasteiger partial charge on any atom is 0.336 e. The largest absolute Gasteiger partial charge is 0.423 e. The first kappa shape index (κ1) is 74.9. The van der Waals surface area contributed by atoms with E-state index in [4.69, 9.17) is 61.8 Å². The number of aliphatic hydroxyl groups excluding tert-OH is 3. The molecular formula is C68H113N5O15P2. The van der Waals surface area contributed by atoms with Gasteiger partial charge < -0.3 is 71.0 Å². The molecule has 2 aromatic carbocycles. The minimum absolute atomic E-state index is 0.00926. The third-order valence-corrected chi connectivity index (χ3v) is 18.8. The molecule has 0 aliphatic carbocycles. The molecule has 0 bridgehead atoms. The Morgan fingerprint density at radius 3 is 1.48 bits per heavy atom. The molecule has 12 atom stereocenters. The summed E-state index contributed by atoms with van der Waals surface area (Å²) in [5.41, 5.74) is 2.90. The average molecular weight is 1310 g/mol. The minimum Gasteiger partial charge on any atom is -0.423 e. The standard InChI is InChI=1S/C30H45N2O6P.C25H38N3O4P.C11H22O3.2CH4O/c1-9-25(24-18-28(33)36-26-17-22(13-14-23(24)26)32(10-2)11-3)38-39(16-12-15-31)34-19-27-29(37-30(6,7)8)20(4)21(5)35-27;1-8-23(32-33(30-15-11-14-26)28(18(4)5)19(6)7)22-17-25(29)31-24-16-20(12-13-21(22)24)27(9-2)10-3;1-7-8(2)13-9(6-12)10(7)14-11(3,4)5;2*1-2/h13-14,17-18,20-21,25,27,29H,9-12,16,19H2,1-8H3;12-13,16-19,23H,8-11,15H2,1-7H3;7-10,12H,6H2,1-5H3;2*2H,1H3/t20?,21-,25?,27+,29+,39?;;7?,8-,9+,10+;;/m0.0../s1/i2*1D;;2*2T. The van der Waals surface area contributed by atoms with Crippen molar-refractivity contribution in [3.8, 4) is 12.1 Å². The lowest BCUT2D eigenvalue weighted by Crippen LogP contribution is -2.38. The number of hydrogen-bond acceptors (Lipinski definition) is 20. The molecule has 510 valence electrons. The number of anilines is 2. The summed E-state index contributed by atoms with van der Waals surface area (Å²) in [5.74, 6) is 0.539. The van der Waals surface area contributed by atoms with Gasteiger partial charge in [-0.15, -0.1) is 0 Å². The lowest BCUT2D eigenvalue weighted by atomic mass is 9.98. The van der Waals surface area contributed by atoms with Crippen molar-refractivity contribution in [2.24, 2.45) is 11.8 Å². The van der Waals surface area contributed by atoms with Gasteiger partial charge in [-0.1, -0.05) is 27.6 Å². The smallest absolute Gasteiger partial charge is 0.336 e. The summed E-state index contributed by atoms with van der Waals surface area (Å²) >= 11 is 0. The van der Waals surface area contributed by atoms with Crippen LogP contribution in [0.5, 0.6) is 0 Å². The molecule has 0 spiro atoms. The third-order valence-electron chi connectivity index (χ3n) is 15.1. The Kier molecular flexibility index (Phi) is 34.0. The van der Waals surface area contributed by atoms with Crippen LogP contribution >= 0.6 is 16.9 Å². The summed E-state index contributed by atoms with van der Waals surface area (Å²) in [6, 6.07) is 19.2. The molecule has 22 heteroatoms. The van der Waals surface area contributed by atoms with Crippen LogP contribution in [0.2, 0.25) is 0 Å². The molecule has 0 radical (unpaired) electrons. The van der Waals surface area contributed by atoms with E-state index in [1.165, 1.54) is 26.4 Å². The van der Waals surface area contributed by atoms with E-state index >= 15 is 0 Å². The van der Waals surface area contributed by atoms with Gasteiger partial charge in [0.1, 0.15) is 23.4 Å². The first-order valence-electron chi connectivity index (χ1n) is 33.9. The van der Waals surface area contributed by atoms with Crippen molar-refractivity contribution < 1.29 is 63.9 Å². The molecule has 0 amide bonds. The minimum atomic E-state index is -1.52. The summed E-state index contributed by atoms with van der Waals surface area (Å²) in [5, 5.41) is 36.0. The number of nitrogens with zero attached hydrogens (tertiary/aromatic N) is 5. The highest BCUT2D eigenvalue weighted by Gasteiger charge is 2.44. The van der Waals surface area contributed by atoms with Crippen molar-refractivity contribution in [1.29, 1.82) is 13.4 Å². The maximum atomic E-state index is 12.6. The van der Waals surface area contributed by atoms with Gasteiger partial charge in [0, 0.05) is 126 Å². The van der Waals surface area contributed by atoms with Crippen LogP contribution in [0.25, 0.3) is 21.9 Å². The van der Waals surface area contributed by atoms with Crippen LogP contribution < -0.4 is 21.1 Å². The van der Waals surface area contributed by atoms with Crippen molar-refractivity contribution in [3.05, 3.63) is 80.5 Å². The predicted octanol–water partition coefficient (Wildman–Crippen LogP) is 14.1. The Labute approximate surface area is 547 Å². The summed E-state index contributed by atoms with van der Waals surface area (Å²) < 4.78 is 90.0. The van der Waals surface area contributed by atoms with Crippen molar-refractivity contribution in [1.82, 2.24) is 4.67 Å². The van der Waals surface area contributed by atoms with Gasteiger partial charge in [0.2, 0.25) is 2.86 Å². The van der Waals surface area contributed by atoms with Gasteiger partial charge in [0.15, 0.2) is 8.38 Å². The van der Waals surface area contributed by atoms with Crippen LogP contribution in [-0.2, 0) is 37.0 Å². The fraction of sp³-hybridized carbons (Fsp3) is 0.706. The van der Waals surface area contributed by atoms with Crippen LogP contribution in [0.3, 0.4) is 0 Å². The molecule has 20 nitrogen and oxygen atoms in total. The monoisotopic (exact) mass is 1310 g/mol. The lowest BCUT2D eigenvalue weighted by Gasteiger charge is -2.37. The highest BCUT2D eigenvalue weighted by atomic mass is 31.2. The van der Waals surface area contributed by atoms with Gasteiger partial charge >= 0.3 is 11.3 Å². The quantitative estimate of drug-likeness (QED) is 0.0271. The zero-order valence-corrected chi connectivity index (χ0v) is 59.5. The fourth-order valence-electron chi connectivity index (χ4n) is 10.6. The van der Waals surface area contributed by atoms with Crippen molar-refractivity contribution >= 4 is 50.2 Å². The molecule has 6 unspecified atom stereocenters. The SMILES string of the molecule is CC1[C@H](C)O[C@H](CO)[C@@H]1OC(C)(C)C.[2H]CCC(OP(CCC#N)OC[C@H]1O[C@@H](C)C(C)[C@H]1OC(C)(C)C)c1cc(=O)oc2cc(N(CC)CC)ccc12.[2H]CCC(OP(OCCC#N)N(C(C)C)C(C)C)c1cc(=O)oc2cc(N(CC)CC)ccc12.[3H]OC.[3H]OC. The zero-order chi connectivity index (χ0) is 71.0. The van der Waals surface area contributed by atoms with E-state index in [1.807, 2.05) is 91.8 Å². The number of aliphatic hydroxyl groups is 3. The summed E-state index contributed by atoms with van der Waals surface area (Å²) in [6.45, 7) is 41.3. The Morgan fingerprint density at radius 2 is 1.09 bits per heavy atom. The average Bonchev–Trinajstić information content (AvgIpc) is 1.20. The molecule has 2 aromatic heterocycles. The second kappa shape index (κ2) is 40.8. The third kappa shape index (κ3) is 24.9. The topological polar surface area (TPSA) is 252 Å². The number of ether oxygens (including phenoxy) is 4. The van der Waals surface area contributed by atoms with Crippen LogP contribution in [-0.4, -0.2) is 149 Å². The highest BCUT2D eigenvalue weighted by Crippen LogP contribution is 2.51. The van der Waals surface area contributed by atoms with E-state index in [-0.39, 0.29) is 112 Å². The second-order valence-electron chi connectivity index (χ2n) is 24.4. The van der Waals surface area contributed by atoms with Gasteiger partial charge in [-0.05, 0) is 159 Å². The summed E-state index contributed by atoms with van der Waals surface area (Å²) in [4.78, 5) is 29.5. The molecule has 4 aromatic rings. The normalized spacial score (nSPS) is 21.8. The van der Waals surface area contributed by atoms with E-state index in [0.29, 0.717) is 47.2 Å². The fourth-order valence-corrected chi connectivity index (χ4v) is 13.7. The molecule has 2 aliphatic heterocycles. The van der Waals surface area contributed by atoms with Crippen molar-refractivity contribution in [2.45, 2.75) is 236 Å². The summed E-state index contributed by atoms with van der Waals surface area (Å²) in [6.07, 6.45) is 0.282. The Balaban J connectivity index is 0.000000500. The molecule has 2 aliphatic rings. The van der Waals surface area contributed by atoms with E-state index < -0.39 is 40.4 Å². The number of fused-ring (bicyclic) bond motifs is 2. The van der Waals surface area contributed by atoms with E-state index in [2.05, 4.69) is 106 Å². The number of rotatable bonds is 28. The zero-order valence-electron chi connectivity index (χ0n) is 61.7. The van der Waals surface area contributed by atoms with E-state index in [1.54, 1.807) is 0 Å². The van der Waals surface area contributed by atoms with Crippen LogP contribution in [0.15, 0.2) is 67.0 Å². The molecular weight excluding hydrogens is 1190 g/mol. The molecule has 90 heavy (non-hydrogen) atoms. The first-order chi connectivity index (χ1) is 44.4. The van der Waals surface area contributed by atoms with Gasteiger partial charge in [-0.2, -0.15) is 10.5 Å². The van der Waals surface area contributed by atoms with Gasteiger partial charge in [-0.3, -0.25) is 0 Å². The van der Waals surface area contributed by atoms with Gasteiger partial charge in [-0.25, -0.2) is 14.3 Å². The Morgan fingerprint density at radius 1 is 0.667 bits per heavy atom. The van der Waals surface area contributed by atoms with E-state index in [0.717, 1.165) is 48.3 Å². The Hall–Kier alpha value is -4.18. The Bertz CT molecular complexity index is 2960. The predicted molar refractivity (Wildman–Crippen MR) is 363 cm³/mol. The molecule has 2 saturated heterocycles. The number of nitriles is 2. The number of benzene rings is 2. The van der Waals surface area contributed by atoms with Crippen LogP contribution in [0.1, 0.15) is 190 Å². The molecule has 2 fully saturated rings. The summed E-state index contributed by atoms with van der Waals surface area (Å²) in [7, 11) is -0.442. The van der Waals surface area contributed by atoms with Crippen molar-refractivity contribution in [3.63, 3.8) is 0 Å². The highest BCUT2D eigenvalue weighted by molar-refractivity contribution is 7.47. The molecule has 3 N–H and O–H groups in total. The molecule has 4 heterocycles. The molecule has 0 saturated carbocycles. The van der Waals surface area contributed by atoms with Gasteiger partial charge in [0.05, 0.1) is 86.2 Å². The second-order valence-corrected chi connectivity index (χ2v) is 27.4. The number of hydrogen-bond donors (Lipinski definition) is 3. The van der Waals surface area contributed by atoms with E-state index in [9.17, 15) is 14.9 Å². The van der Waals surface area contributed by atoms with Crippen LogP contribution in [0, 0.1) is 34.5 Å². The van der Waals surface area contributed by atoms with Crippen molar-refractivity contribution in [2.75, 3.05) is 76.2 Å². The first-order valence-corrected chi connectivity index (χ1v) is 34.1. The van der Waals surface area contributed by atoms with Crippen LogP contribution in [0.4, 0.5) is 11.4 Å². The lowest BCUT2D eigenvalue weighted by molar-refractivity contribution is -0.107.